The molecular weight excluding hydrogens is 416 g/mol. The molecule has 1 aromatic carbocycles. The quantitative estimate of drug-likeness (QED) is 0.752. The van der Waals surface area contributed by atoms with Crippen LogP contribution >= 0.6 is 0 Å². The number of rotatable bonds is 3. The van der Waals surface area contributed by atoms with Gasteiger partial charge in [0.05, 0.1) is 11.6 Å². The van der Waals surface area contributed by atoms with Crippen molar-refractivity contribution >= 4 is 17.6 Å². The van der Waals surface area contributed by atoms with Crippen molar-refractivity contribution in [2.45, 2.75) is 52.5 Å². The Bertz CT molecular complexity index is 947. The zero-order chi connectivity index (χ0) is 23.8. The number of carbonyl (C=O) groups is 2. The van der Waals surface area contributed by atoms with Crippen LogP contribution in [0.15, 0.2) is 42.5 Å². The van der Waals surface area contributed by atoms with Gasteiger partial charge in [-0.2, -0.15) is 0 Å². The van der Waals surface area contributed by atoms with Gasteiger partial charge in [0.25, 0.3) is 11.8 Å². The van der Waals surface area contributed by atoms with E-state index in [9.17, 15) is 9.59 Å². The summed E-state index contributed by atoms with van der Waals surface area (Å²) in [5, 5.41) is 0. The molecule has 7 nitrogen and oxygen atoms in total. The molecule has 178 valence electrons. The Hall–Kier alpha value is -3.09. The summed E-state index contributed by atoms with van der Waals surface area (Å²) in [7, 11) is 0. The van der Waals surface area contributed by atoms with Gasteiger partial charge >= 0.3 is 0 Å². The van der Waals surface area contributed by atoms with E-state index in [0.29, 0.717) is 49.1 Å². The lowest BCUT2D eigenvalue weighted by Gasteiger charge is -2.35. The first-order chi connectivity index (χ1) is 15.9. The molecule has 0 unspecified atom stereocenters. The molecular formula is C26H36N4O3. The second kappa shape index (κ2) is 11.7. The van der Waals surface area contributed by atoms with E-state index >= 15 is 0 Å². The first-order valence-corrected chi connectivity index (χ1v) is 12.0. The predicted octanol–water partition coefficient (Wildman–Crippen LogP) is 4.25. The zero-order valence-electron chi connectivity index (χ0n) is 20.0. The van der Waals surface area contributed by atoms with E-state index in [1.165, 1.54) is 0 Å². The number of aromatic nitrogens is 1. The number of nitrogens with two attached hydrogens (primary N) is 1. The Morgan fingerprint density at radius 2 is 1.82 bits per heavy atom. The van der Waals surface area contributed by atoms with Gasteiger partial charge in [-0.05, 0) is 49.9 Å². The van der Waals surface area contributed by atoms with Crippen LogP contribution in [-0.2, 0) is 0 Å². The van der Waals surface area contributed by atoms with Crippen molar-refractivity contribution in [3.05, 3.63) is 53.7 Å². The van der Waals surface area contributed by atoms with E-state index in [1.807, 2.05) is 41.0 Å². The number of benzene rings is 1. The Morgan fingerprint density at radius 1 is 1.09 bits per heavy atom. The maximum Gasteiger partial charge on any atom is 0.272 e. The molecule has 2 heterocycles. The van der Waals surface area contributed by atoms with Crippen LogP contribution in [0, 0.1) is 5.92 Å². The SMILES string of the molecule is CCN1CCCCCCN(C(=O)c2cccc(N)n2)[C@@H](C(C)C)COc2ccccc2C1=O. The molecule has 0 saturated carbocycles. The largest absolute Gasteiger partial charge is 0.491 e. The molecule has 1 aliphatic heterocycles. The van der Waals surface area contributed by atoms with Gasteiger partial charge < -0.3 is 20.3 Å². The minimum absolute atomic E-state index is 0.0110. The van der Waals surface area contributed by atoms with Crippen molar-refractivity contribution in [2.75, 3.05) is 32.0 Å². The lowest BCUT2D eigenvalue weighted by molar-refractivity contribution is 0.0516. The van der Waals surface area contributed by atoms with Crippen molar-refractivity contribution in [1.29, 1.82) is 0 Å². The molecule has 0 spiro atoms. The number of nitrogen functional groups attached to an aromatic ring is 1. The van der Waals surface area contributed by atoms with E-state index in [-0.39, 0.29) is 23.8 Å². The van der Waals surface area contributed by atoms with Crippen LogP contribution in [0.2, 0.25) is 0 Å². The summed E-state index contributed by atoms with van der Waals surface area (Å²) >= 11 is 0. The monoisotopic (exact) mass is 452 g/mol. The number of anilines is 1. The second-order valence-corrected chi connectivity index (χ2v) is 8.86. The minimum atomic E-state index is -0.172. The smallest absolute Gasteiger partial charge is 0.272 e. The third-order valence-electron chi connectivity index (χ3n) is 6.19. The van der Waals surface area contributed by atoms with Crippen molar-refractivity contribution in [3.8, 4) is 5.75 Å². The van der Waals surface area contributed by atoms with Crippen LogP contribution in [-0.4, -0.2) is 58.9 Å². The van der Waals surface area contributed by atoms with Gasteiger partial charge in [-0.3, -0.25) is 9.59 Å². The molecule has 2 aromatic rings. The van der Waals surface area contributed by atoms with Crippen molar-refractivity contribution in [1.82, 2.24) is 14.8 Å². The van der Waals surface area contributed by atoms with Gasteiger partial charge in [0.15, 0.2) is 0 Å². The highest BCUT2D eigenvalue weighted by molar-refractivity contribution is 5.97. The van der Waals surface area contributed by atoms with Crippen LogP contribution in [0.5, 0.6) is 5.75 Å². The summed E-state index contributed by atoms with van der Waals surface area (Å²) in [6.45, 7) is 8.47. The number of nitrogens with zero attached hydrogens (tertiary/aromatic N) is 3. The molecule has 3 rings (SSSR count). The average molecular weight is 453 g/mol. The van der Waals surface area contributed by atoms with Gasteiger partial charge in [-0.25, -0.2) is 4.98 Å². The summed E-state index contributed by atoms with van der Waals surface area (Å²) in [5.41, 5.74) is 6.75. The zero-order valence-corrected chi connectivity index (χ0v) is 20.0. The number of para-hydroxylation sites is 1. The molecule has 7 heteroatoms. The van der Waals surface area contributed by atoms with E-state index in [4.69, 9.17) is 10.5 Å². The highest BCUT2D eigenvalue weighted by Gasteiger charge is 2.29. The third-order valence-corrected chi connectivity index (χ3v) is 6.19. The molecule has 1 aromatic heterocycles. The van der Waals surface area contributed by atoms with Crippen LogP contribution < -0.4 is 10.5 Å². The van der Waals surface area contributed by atoms with E-state index < -0.39 is 0 Å². The van der Waals surface area contributed by atoms with Crippen LogP contribution in [0.1, 0.15) is 67.3 Å². The summed E-state index contributed by atoms with van der Waals surface area (Å²) < 4.78 is 6.22. The van der Waals surface area contributed by atoms with Gasteiger partial charge in [-0.1, -0.05) is 44.9 Å². The van der Waals surface area contributed by atoms with Crippen molar-refractivity contribution in [3.63, 3.8) is 0 Å². The van der Waals surface area contributed by atoms with Crippen molar-refractivity contribution < 1.29 is 14.3 Å². The first-order valence-electron chi connectivity index (χ1n) is 12.0. The van der Waals surface area contributed by atoms with Crippen molar-refractivity contribution in [2.24, 2.45) is 5.92 Å². The molecule has 1 atom stereocenters. The molecule has 2 amide bonds. The molecule has 33 heavy (non-hydrogen) atoms. The number of fused-ring (bicyclic) bond motifs is 1. The summed E-state index contributed by atoms with van der Waals surface area (Å²) in [6, 6.07) is 12.3. The highest BCUT2D eigenvalue weighted by Crippen LogP contribution is 2.24. The van der Waals surface area contributed by atoms with Gasteiger partial charge in [-0.15, -0.1) is 0 Å². The molecule has 0 fully saturated rings. The maximum atomic E-state index is 13.5. The second-order valence-electron chi connectivity index (χ2n) is 8.86. The van der Waals surface area contributed by atoms with Gasteiger partial charge in [0.2, 0.25) is 0 Å². The predicted molar refractivity (Wildman–Crippen MR) is 130 cm³/mol. The normalized spacial score (nSPS) is 18.4. The lowest BCUT2D eigenvalue weighted by Crippen LogP contribution is -2.47. The number of carbonyl (C=O) groups excluding carboxylic acids is 2. The fraction of sp³-hybridized carbons (Fsp3) is 0.500. The van der Waals surface area contributed by atoms with E-state index in [2.05, 4.69) is 18.8 Å². The standard InChI is InChI=1S/C26H36N4O3/c1-4-29-16-9-5-6-10-17-30(26(32)21-13-11-15-24(27)28-21)22(19(2)3)18-33-23-14-8-7-12-20(23)25(29)31/h7-8,11-15,19,22H,4-6,9-10,16-18H2,1-3H3,(H2,27,28)/t22-/m1/s1. The molecule has 1 aliphatic rings. The molecule has 0 radical (unpaired) electrons. The minimum Gasteiger partial charge on any atom is -0.491 e. The number of ether oxygens (including phenoxy) is 1. The Labute approximate surface area is 196 Å². The summed E-state index contributed by atoms with van der Waals surface area (Å²) in [6.07, 6.45) is 3.81. The molecule has 0 bridgehead atoms. The average Bonchev–Trinajstić information content (AvgIpc) is 2.81. The number of hydrogen-bond acceptors (Lipinski definition) is 5. The number of hydrogen-bond donors (Lipinski definition) is 1. The fourth-order valence-electron chi connectivity index (χ4n) is 4.23. The first kappa shape index (κ1) is 24.6. The Morgan fingerprint density at radius 3 is 2.52 bits per heavy atom. The lowest BCUT2D eigenvalue weighted by atomic mass is 10.0. The maximum absolute atomic E-state index is 13.5. The molecule has 0 saturated heterocycles. The summed E-state index contributed by atoms with van der Waals surface area (Å²) in [4.78, 5) is 34.7. The topological polar surface area (TPSA) is 88.8 Å². The number of pyridine rings is 1. The van der Waals surface area contributed by atoms with Crippen LogP contribution in [0.4, 0.5) is 5.82 Å². The number of amides is 2. The Kier molecular flexibility index (Phi) is 8.69. The fourth-order valence-corrected chi connectivity index (χ4v) is 4.23. The van der Waals surface area contributed by atoms with E-state index in [1.54, 1.807) is 18.2 Å². The Balaban J connectivity index is 1.93. The van der Waals surface area contributed by atoms with Crippen LogP contribution in [0.25, 0.3) is 0 Å². The van der Waals surface area contributed by atoms with Gasteiger partial charge in [0, 0.05) is 19.6 Å². The highest BCUT2D eigenvalue weighted by atomic mass is 16.5. The summed E-state index contributed by atoms with van der Waals surface area (Å²) in [5.74, 6) is 0.880. The third kappa shape index (κ3) is 6.24. The molecule has 2 N–H and O–H groups in total. The van der Waals surface area contributed by atoms with Gasteiger partial charge in [0.1, 0.15) is 23.9 Å². The van der Waals surface area contributed by atoms with Crippen LogP contribution in [0.3, 0.4) is 0 Å². The molecule has 0 aliphatic carbocycles. The van der Waals surface area contributed by atoms with E-state index in [0.717, 1.165) is 25.7 Å².